The molecule has 0 aliphatic carbocycles. The number of carboxylic acid groups (broad SMARTS) is 1. The van der Waals surface area contributed by atoms with E-state index >= 15 is 0 Å². The summed E-state index contributed by atoms with van der Waals surface area (Å²) in [5.41, 5.74) is 1.19. The van der Waals surface area contributed by atoms with Crippen molar-refractivity contribution in [2.75, 3.05) is 14.2 Å². The van der Waals surface area contributed by atoms with Crippen LogP contribution in [0.25, 0.3) is 11.3 Å². The topological polar surface area (TPSA) is 84.4 Å². The van der Waals surface area contributed by atoms with Crippen molar-refractivity contribution < 1.29 is 23.8 Å². The summed E-state index contributed by atoms with van der Waals surface area (Å²) in [6, 6.07) is 4.55. The zero-order chi connectivity index (χ0) is 15.6. The summed E-state index contributed by atoms with van der Waals surface area (Å²) in [6.07, 6.45) is -1.27. The fourth-order valence-corrected chi connectivity index (χ4v) is 2.02. The van der Waals surface area contributed by atoms with Crippen LogP contribution in [0.3, 0.4) is 0 Å². The maximum Gasteiger partial charge on any atom is 0.353 e. The van der Waals surface area contributed by atoms with Gasteiger partial charge in [-0.25, -0.2) is 9.18 Å². The van der Waals surface area contributed by atoms with Gasteiger partial charge in [0.15, 0.2) is 11.5 Å². The molecule has 0 aliphatic heterocycles. The fourth-order valence-electron chi connectivity index (χ4n) is 2.02. The first-order valence-corrected chi connectivity index (χ1v) is 6.17. The van der Waals surface area contributed by atoms with E-state index in [9.17, 15) is 9.18 Å². The van der Waals surface area contributed by atoms with Crippen LogP contribution in [-0.2, 0) is 0 Å². The van der Waals surface area contributed by atoms with Crippen LogP contribution in [0.1, 0.15) is 29.1 Å². The molecule has 1 heterocycles. The zero-order valence-electron chi connectivity index (χ0n) is 11.8. The molecular weight excluding hydrogens is 279 g/mol. The van der Waals surface area contributed by atoms with Crippen molar-refractivity contribution in [3.63, 3.8) is 0 Å². The smallest absolute Gasteiger partial charge is 0.353 e. The minimum atomic E-state index is -1.27. The van der Waals surface area contributed by atoms with E-state index in [1.165, 1.54) is 27.2 Å². The molecule has 0 aliphatic rings. The van der Waals surface area contributed by atoms with E-state index in [1.807, 2.05) is 0 Å². The molecule has 0 radical (unpaired) electrons. The third-order valence-corrected chi connectivity index (χ3v) is 3.04. The minimum Gasteiger partial charge on any atom is -0.493 e. The number of nitrogens with one attached hydrogen (secondary N) is 1. The van der Waals surface area contributed by atoms with Gasteiger partial charge in [0.05, 0.1) is 19.9 Å². The number of nitrogens with zero attached hydrogens (tertiary/aromatic N) is 1. The van der Waals surface area contributed by atoms with Crippen LogP contribution in [0, 0.1) is 0 Å². The Morgan fingerprint density at radius 3 is 2.52 bits per heavy atom. The molecule has 1 unspecified atom stereocenters. The Balaban J connectivity index is 2.58. The van der Waals surface area contributed by atoms with Crippen LogP contribution in [0.2, 0.25) is 0 Å². The van der Waals surface area contributed by atoms with Gasteiger partial charge in [-0.1, -0.05) is 0 Å². The number of H-pyrrole nitrogens is 1. The second-order valence-electron chi connectivity index (χ2n) is 4.39. The molecule has 2 rings (SSSR count). The van der Waals surface area contributed by atoms with Gasteiger partial charge in [0.2, 0.25) is 0 Å². The molecule has 0 fully saturated rings. The molecule has 2 aromatic rings. The quantitative estimate of drug-likeness (QED) is 0.885. The van der Waals surface area contributed by atoms with Gasteiger partial charge >= 0.3 is 5.97 Å². The summed E-state index contributed by atoms with van der Waals surface area (Å²) in [6.45, 7) is 1.38. The van der Waals surface area contributed by atoms with Crippen LogP contribution >= 0.6 is 0 Å². The predicted octanol–water partition coefficient (Wildman–Crippen LogP) is 2.82. The van der Waals surface area contributed by atoms with Crippen LogP contribution < -0.4 is 9.47 Å². The number of rotatable bonds is 5. The molecule has 21 heavy (non-hydrogen) atoms. The van der Waals surface area contributed by atoms with E-state index in [2.05, 4.69) is 10.2 Å². The highest BCUT2D eigenvalue weighted by Crippen LogP contribution is 2.39. The number of benzene rings is 1. The van der Waals surface area contributed by atoms with E-state index in [1.54, 1.807) is 12.1 Å². The first-order valence-electron chi connectivity index (χ1n) is 6.17. The van der Waals surface area contributed by atoms with Crippen LogP contribution in [0.4, 0.5) is 4.39 Å². The summed E-state index contributed by atoms with van der Waals surface area (Å²) < 4.78 is 24.1. The number of halogens is 1. The molecular formula is C14H15FN2O4. The number of aromatic carboxylic acids is 1. The summed E-state index contributed by atoms with van der Waals surface area (Å²) in [5, 5.41) is 15.2. The highest BCUT2D eigenvalue weighted by atomic mass is 19.1. The molecule has 0 bridgehead atoms. The lowest BCUT2D eigenvalue weighted by atomic mass is 10.0. The SMILES string of the molecule is COc1cc(-c2cc(C(=O)O)[nH]n2)cc(C(C)F)c1OC. The molecule has 7 heteroatoms. The van der Waals surface area contributed by atoms with E-state index in [0.717, 1.165) is 0 Å². The van der Waals surface area contributed by atoms with Crippen LogP contribution in [0.5, 0.6) is 11.5 Å². The molecule has 0 saturated carbocycles. The van der Waals surface area contributed by atoms with Crippen molar-refractivity contribution in [3.05, 3.63) is 29.5 Å². The summed E-state index contributed by atoms with van der Waals surface area (Å²) in [5.74, 6) is -0.451. The first kappa shape index (κ1) is 14.8. The fraction of sp³-hybridized carbons (Fsp3) is 0.286. The second kappa shape index (κ2) is 5.82. The Hall–Kier alpha value is -2.57. The standard InChI is InChI=1S/C14H15FN2O4/c1-7(15)9-4-8(5-12(20-2)13(9)21-3)10-6-11(14(18)19)17-16-10/h4-7H,1-3H3,(H,16,17)(H,18,19). The van der Waals surface area contributed by atoms with E-state index < -0.39 is 12.1 Å². The lowest BCUT2D eigenvalue weighted by molar-refractivity contribution is 0.0690. The normalized spacial score (nSPS) is 12.0. The van der Waals surface area contributed by atoms with Crippen molar-refractivity contribution in [2.24, 2.45) is 0 Å². The van der Waals surface area contributed by atoms with Crippen molar-refractivity contribution >= 4 is 5.97 Å². The largest absolute Gasteiger partial charge is 0.493 e. The van der Waals surface area contributed by atoms with Gasteiger partial charge in [-0.05, 0) is 25.1 Å². The average Bonchev–Trinajstić information content (AvgIpc) is 2.95. The van der Waals surface area contributed by atoms with E-state index in [4.69, 9.17) is 14.6 Å². The van der Waals surface area contributed by atoms with Crippen LogP contribution in [0.15, 0.2) is 18.2 Å². The van der Waals surface area contributed by atoms with Crippen molar-refractivity contribution in [1.29, 1.82) is 0 Å². The third kappa shape index (κ3) is 2.81. The number of aromatic nitrogens is 2. The number of hydrogen-bond acceptors (Lipinski definition) is 4. The first-order chi connectivity index (χ1) is 9.97. The number of alkyl halides is 1. The Bertz CT molecular complexity index is 667. The molecule has 1 aromatic carbocycles. The Labute approximate surface area is 120 Å². The molecule has 1 aromatic heterocycles. The maximum absolute atomic E-state index is 13.8. The lowest BCUT2D eigenvalue weighted by Gasteiger charge is -2.15. The predicted molar refractivity (Wildman–Crippen MR) is 73.6 cm³/mol. The highest BCUT2D eigenvalue weighted by Gasteiger charge is 2.19. The molecule has 0 spiro atoms. The Kier molecular flexibility index (Phi) is 4.11. The molecule has 0 amide bonds. The highest BCUT2D eigenvalue weighted by molar-refractivity contribution is 5.87. The molecule has 1 atom stereocenters. The lowest BCUT2D eigenvalue weighted by Crippen LogP contribution is -1.98. The van der Waals surface area contributed by atoms with Crippen molar-refractivity contribution in [2.45, 2.75) is 13.1 Å². The van der Waals surface area contributed by atoms with Crippen molar-refractivity contribution in [1.82, 2.24) is 10.2 Å². The van der Waals surface area contributed by atoms with E-state index in [0.29, 0.717) is 28.3 Å². The number of ether oxygens (including phenoxy) is 2. The number of carboxylic acids is 1. The monoisotopic (exact) mass is 294 g/mol. The Morgan fingerprint density at radius 1 is 1.33 bits per heavy atom. The number of carbonyl (C=O) groups is 1. The molecule has 6 nitrogen and oxygen atoms in total. The van der Waals surface area contributed by atoms with Crippen LogP contribution in [-0.4, -0.2) is 35.5 Å². The van der Waals surface area contributed by atoms with Gasteiger partial charge in [0.1, 0.15) is 11.9 Å². The minimum absolute atomic E-state index is 0.0466. The summed E-state index contributed by atoms with van der Waals surface area (Å²) >= 11 is 0. The zero-order valence-corrected chi connectivity index (χ0v) is 11.8. The second-order valence-corrected chi connectivity index (χ2v) is 4.39. The van der Waals surface area contributed by atoms with Gasteiger partial charge in [-0.15, -0.1) is 0 Å². The van der Waals surface area contributed by atoms with Gasteiger partial charge in [-0.3, -0.25) is 5.10 Å². The average molecular weight is 294 g/mol. The van der Waals surface area contributed by atoms with Gasteiger partial charge < -0.3 is 14.6 Å². The Morgan fingerprint density at radius 2 is 2.05 bits per heavy atom. The summed E-state index contributed by atoms with van der Waals surface area (Å²) in [7, 11) is 2.88. The maximum atomic E-state index is 13.8. The molecule has 2 N–H and O–H groups in total. The molecule has 112 valence electrons. The number of hydrogen-bond donors (Lipinski definition) is 2. The number of aromatic amines is 1. The third-order valence-electron chi connectivity index (χ3n) is 3.04. The van der Waals surface area contributed by atoms with Gasteiger partial charge in [-0.2, -0.15) is 5.10 Å². The van der Waals surface area contributed by atoms with Gasteiger partial charge in [0, 0.05) is 11.1 Å². The molecule has 0 saturated heterocycles. The van der Waals surface area contributed by atoms with E-state index in [-0.39, 0.29) is 5.69 Å². The number of methoxy groups -OCH3 is 2. The van der Waals surface area contributed by atoms with Gasteiger partial charge in [0.25, 0.3) is 0 Å². The summed E-state index contributed by atoms with van der Waals surface area (Å²) in [4.78, 5) is 10.9. The van der Waals surface area contributed by atoms with Crippen molar-refractivity contribution in [3.8, 4) is 22.8 Å².